The molecule has 0 aliphatic rings. The van der Waals surface area contributed by atoms with Gasteiger partial charge in [0.15, 0.2) is 0 Å². The molecule has 1 aromatic rings. The van der Waals surface area contributed by atoms with Gasteiger partial charge in [0.2, 0.25) is 5.56 Å². The average Bonchev–Trinajstić information content (AvgIpc) is 2.30. The van der Waals surface area contributed by atoms with Crippen molar-refractivity contribution in [1.82, 2.24) is 10.3 Å². The fourth-order valence-electron chi connectivity index (χ4n) is 1.63. The Kier molecular flexibility index (Phi) is 5.46. The number of rotatable bonds is 6. The molecule has 0 aliphatic carbocycles. The molecule has 4 heteroatoms. The molecule has 1 aromatic heterocycles. The number of nitrogens with one attached hydrogen (secondary N) is 2. The summed E-state index contributed by atoms with van der Waals surface area (Å²) in [4.78, 5) is 25.1. The fraction of sp³-hybridized carbons (Fsp3) is 0.538. The first-order valence-corrected chi connectivity index (χ1v) is 6.13. The average molecular weight is 236 g/mol. The molecule has 0 fully saturated rings. The molecule has 1 unspecified atom stereocenters. The molecule has 0 saturated heterocycles. The molecule has 1 heterocycles. The quantitative estimate of drug-likeness (QED) is 0.743. The van der Waals surface area contributed by atoms with Crippen LogP contribution < -0.4 is 10.9 Å². The minimum atomic E-state index is -0.197. The molecule has 2 N–H and O–H groups in total. The molecule has 1 atom stereocenters. The topological polar surface area (TPSA) is 62.0 Å². The molecule has 0 radical (unpaired) electrons. The van der Waals surface area contributed by atoms with E-state index >= 15 is 0 Å². The van der Waals surface area contributed by atoms with Crippen LogP contribution in [-0.4, -0.2) is 16.9 Å². The van der Waals surface area contributed by atoms with Crippen molar-refractivity contribution in [2.75, 3.05) is 0 Å². The van der Waals surface area contributed by atoms with Gasteiger partial charge in [0, 0.05) is 18.3 Å². The molecule has 1 rings (SSSR count). The highest BCUT2D eigenvalue weighted by atomic mass is 16.1. The van der Waals surface area contributed by atoms with Gasteiger partial charge in [-0.25, -0.2) is 0 Å². The number of H-pyrrole nitrogens is 1. The molecular formula is C13H20N2O2. The number of aromatic nitrogens is 1. The maximum atomic E-state index is 11.8. The van der Waals surface area contributed by atoms with Crippen molar-refractivity contribution in [3.05, 3.63) is 34.2 Å². The number of carbonyl (C=O) groups excluding carboxylic acids is 1. The second-order valence-electron chi connectivity index (χ2n) is 4.31. The molecule has 0 spiro atoms. The molecule has 1 amide bonds. The van der Waals surface area contributed by atoms with Crippen molar-refractivity contribution in [3.63, 3.8) is 0 Å². The SMILES string of the molecule is CCCCCC(C)NC(=O)c1ccc(=O)[nH]c1. The Hall–Kier alpha value is -1.58. The lowest BCUT2D eigenvalue weighted by Crippen LogP contribution is -2.32. The molecule has 94 valence electrons. The smallest absolute Gasteiger partial charge is 0.252 e. The van der Waals surface area contributed by atoms with E-state index in [9.17, 15) is 9.59 Å². The van der Waals surface area contributed by atoms with Crippen LogP contribution >= 0.6 is 0 Å². The molecule has 17 heavy (non-hydrogen) atoms. The van der Waals surface area contributed by atoms with E-state index in [1.165, 1.54) is 31.2 Å². The standard InChI is InChI=1S/C13H20N2O2/c1-3-4-5-6-10(2)15-13(17)11-7-8-12(16)14-9-11/h7-10H,3-6H2,1-2H3,(H,14,16)(H,15,17). The van der Waals surface area contributed by atoms with Crippen molar-refractivity contribution in [3.8, 4) is 0 Å². The number of unbranched alkanes of at least 4 members (excludes halogenated alkanes) is 2. The zero-order valence-corrected chi connectivity index (χ0v) is 10.5. The van der Waals surface area contributed by atoms with Crippen LogP contribution in [0.2, 0.25) is 0 Å². The van der Waals surface area contributed by atoms with Crippen molar-refractivity contribution >= 4 is 5.91 Å². The summed E-state index contributed by atoms with van der Waals surface area (Å²) in [6.07, 6.45) is 5.93. The van der Waals surface area contributed by atoms with Crippen LogP contribution in [0.25, 0.3) is 0 Å². The highest BCUT2D eigenvalue weighted by Crippen LogP contribution is 2.04. The third kappa shape index (κ3) is 4.85. The fourth-order valence-corrected chi connectivity index (χ4v) is 1.63. The summed E-state index contributed by atoms with van der Waals surface area (Å²) in [5.41, 5.74) is 0.296. The number of carbonyl (C=O) groups is 1. The van der Waals surface area contributed by atoms with Crippen LogP contribution in [0.4, 0.5) is 0 Å². The first-order valence-electron chi connectivity index (χ1n) is 6.13. The molecular weight excluding hydrogens is 216 g/mol. The van der Waals surface area contributed by atoms with Gasteiger partial charge in [0.1, 0.15) is 0 Å². The van der Waals surface area contributed by atoms with E-state index in [0.29, 0.717) is 5.56 Å². The predicted octanol–water partition coefficient (Wildman–Crippen LogP) is 2.07. The van der Waals surface area contributed by atoms with E-state index in [1.807, 2.05) is 6.92 Å². The number of amides is 1. The van der Waals surface area contributed by atoms with Crippen molar-refractivity contribution < 1.29 is 4.79 Å². The Labute approximate surface area is 101 Å². The Bertz CT molecular complexity index is 392. The molecule has 0 aromatic carbocycles. The van der Waals surface area contributed by atoms with Crippen molar-refractivity contribution in [2.45, 2.75) is 45.6 Å². The van der Waals surface area contributed by atoms with Crippen LogP contribution in [0.15, 0.2) is 23.1 Å². The van der Waals surface area contributed by atoms with E-state index < -0.39 is 0 Å². The summed E-state index contributed by atoms with van der Waals surface area (Å²) in [5, 5.41) is 2.91. The van der Waals surface area contributed by atoms with Crippen LogP contribution in [0.1, 0.15) is 49.9 Å². The van der Waals surface area contributed by atoms with E-state index in [0.717, 1.165) is 12.8 Å². The van der Waals surface area contributed by atoms with E-state index in [1.54, 1.807) is 0 Å². The Morgan fingerprint density at radius 1 is 1.41 bits per heavy atom. The Balaban J connectivity index is 2.43. The van der Waals surface area contributed by atoms with Crippen LogP contribution in [0.3, 0.4) is 0 Å². The number of aromatic amines is 1. The molecule has 0 aliphatic heterocycles. The third-order valence-electron chi connectivity index (χ3n) is 2.66. The van der Waals surface area contributed by atoms with Gasteiger partial charge >= 0.3 is 0 Å². The zero-order valence-electron chi connectivity index (χ0n) is 10.5. The Morgan fingerprint density at radius 2 is 2.18 bits per heavy atom. The summed E-state index contributed by atoms with van der Waals surface area (Å²) in [6, 6.07) is 3.06. The van der Waals surface area contributed by atoms with Gasteiger partial charge in [-0.05, 0) is 19.4 Å². The first kappa shape index (κ1) is 13.5. The minimum Gasteiger partial charge on any atom is -0.350 e. The second-order valence-corrected chi connectivity index (χ2v) is 4.31. The highest BCUT2D eigenvalue weighted by molar-refractivity contribution is 5.93. The van der Waals surface area contributed by atoms with Crippen molar-refractivity contribution in [1.29, 1.82) is 0 Å². The number of pyridine rings is 1. The molecule has 0 bridgehead atoms. The lowest BCUT2D eigenvalue weighted by Gasteiger charge is -2.13. The van der Waals surface area contributed by atoms with Crippen LogP contribution in [0, 0.1) is 0 Å². The van der Waals surface area contributed by atoms with Gasteiger partial charge in [0.25, 0.3) is 5.91 Å². The number of hydrogen-bond donors (Lipinski definition) is 2. The normalized spacial score (nSPS) is 12.1. The first-order chi connectivity index (χ1) is 8.13. The summed E-state index contributed by atoms with van der Waals surface area (Å²) in [6.45, 7) is 4.16. The van der Waals surface area contributed by atoms with Crippen LogP contribution in [0.5, 0.6) is 0 Å². The minimum absolute atomic E-state index is 0.134. The van der Waals surface area contributed by atoms with E-state index in [-0.39, 0.29) is 17.5 Å². The zero-order chi connectivity index (χ0) is 12.7. The largest absolute Gasteiger partial charge is 0.350 e. The highest BCUT2D eigenvalue weighted by Gasteiger charge is 2.09. The second kappa shape index (κ2) is 6.89. The van der Waals surface area contributed by atoms with E-state index in [4.69, 9.17) is 0 Å². The summed E-state index contributed by atoms with van der Waals surface area (Å²) >= 11 is 0. The summed E-state index contributed by atoms with van der Waals surface area (Å²) in [7, 11) is 0. The van der Waals surface area contributed by atoms with Gasteiger partial charge < -0.3 is 10.3 Å². The maximum absolute atomic E-state index is 11.8. The van der Waals surface area contributed by atoms with Gasteiger partial charge in [-0.1, -0.05) is 26.2 Å². The third-order valence-corrected chi connectivity index (χ3v) is 2.66. The van der Waals surface area contributed by atoms with Gasteiger partial charge in [-0.2, -0.15) is 0 Å². The predicted molar refractivity (Wildman–Crippen MR) is 68.1 cm³/mol. The summed E-state index contributed by atoms with van der Waals surface area (Å²) < 4.78 is 0. The lowest BCUT2D eigenvalue weighted by molar-refractivity contribution is 0.0937. The lowest BCUT2D eigenvalue weighted by atomic mass is 10.1. The summed E-state index contributed by atoms with van der Waals surface area (Å²) in [5.74, 6) is -0.134. The number of hydrogen-bond acceptors (Lipinski definition) is 2. The van der Waals surface area contributed by atoms with Gasteiger partial charge in [0.05, 0.1) is 5.56 Å². The Morgan fingerprint density at radius 3 is 2.76 bits per heavy atom. The monoisotopic (exact) mass is 236 g/mol. The van der Waals surface area contributed by atoms with Crippen LogP contribution in [-0.2, 0) is 0 Å². The van der Waals surface area contributed by atoms with E-state index in [2.05, 4.69) is 17.2 Å². The maximum Gasteiger partial charge on any atom is 0.252 e. The van der Waals surface area contributed by atoms with Gasteiger partial charge in [-0.3, -0.25) is 9.59 Å². The van der Waals surface area contributed by atoms with Gasteiger partial charge in [-0.15, -0.1) is 0 Å². The molecule has 0 saturated carbocycles. The molecule has 4 nitrogen and oxygen atoms in total. The van der Waals surface area contributed by atoms with Crippen molar-refractivity contribution in [2.24, 2.45) is 0 Å².